The van der Waals surface area contributed by atoms with Crippen molar-refractivity contribution < 1.29 is 22.8 Å². The molecule has 7 nitrogen and oxygen atoms in total. The van der Waals surface area contributed by atoms with E-state index in [0.29, 0.717) is 31.6 Å². The standard InChI is InChI=1S/C20H20ClF3N4O3S2/c21-16-3-2-14(28(29)30)12-15(16)19(32)25-4-1-7-31-18-11-13(20(22,23)24)10-17(26-18)27-5-8-33-9-6-27/h2-3,10-12H,1,4-9H2,(H,25,32). The summed E-state index contributed by atoms with van der Waals surface area (Å²) in [5.74, 6) is 1.81. The van der Waals surface area contributed by atoms with Gasteiger partial charge in [-0.15, -0.1) is 0 Å². The van der Waals surface area contributed by atoms with Crippen molar-refractivity contribution in [3.8, 4) is 5.88 Å². The molecule has 1 aromatic carbocycles. The molecule has 0 unspecified atom stereocenters. The third-order valence-corrected chi connectivity index (χ3v) is 6.35. The van der Waals surface area contributed by atoms with Crippen molar-refractivity contribution in [3.63, 3.8) is 0 Å². The van der Waals surface area contributed by atoms with Crippen LogP contribution in [0.15, 0.2) is 30.3 Å². The molecule has 1 N–H and O–H groups in total. The molecule has 2 aromatic rings. The SMILES string of the molecule is O=[N+]([O-])c1ccc(Cl)c(C(=S)NCCCOc2cc(C(F)(F)F)cc(N3CCSCC3)n2)c1. The third-order valence-electron chi connectivity index (χ3n) is 4.71. The fourth-order valence-electron chi connectivity index (χ4n) is 3.03. The summed E-state index contributed by atoms with van der Waals surface area (Å²) in [6.07, 6.45) is -4.11. The molecule has 2 heterocycles. The van der Waals surface area contributed by atoms with E-state index >= 15 is 0 Å². The van der Waals surface area contributed by atoms with Crippen molar-refractivity contribution in [3.05, 3.63) is 56.6 Å². The number of anilines is 1. The van der Waals surface area contributed by atoms with E-state index in [1.54, 1.807) is 11.8 Å². The molecule has 0 aliphatic carbocycles. The number of ether oxygens (including phenoxy) is 1. The lowest BCUT2D eigenvalue weighted by Gasteiger charge is -2.28. The number of nitro benzene ring substituents is 1. The number of aromatic nitrogens is 1. The highest BCUT2D eigenvalue weighted by molar-refractivity contribution is 7.99. The van der Waals surface area contributed by atoms with Crippen LogP contribution in [-0.4, -0.2) is 52.6 Å². The van der Waals surface area contributed by atoms with Gasteiger partial charge in [-0.3, -0.25) is 10.1 Å². The lowest BCUT2D eigenvalue weighted by molar-refractivity contribution is -0.384. The summed E-state index contributed by atoms with van der Waals surface area (Å²) in [6, 6.07) is 5.89. The normalized spacial score (nSPS) is 14.1. The molecule has 0 atom stereocenters. The van der Waals surface area contributed by atoms with E-state index in [9.17, 15) is 23.3 Å². The van der Waals surface area contributed by atoms with Crippen LogP contribution >= 0.6 is 35.6 Å². The van der Waals surface area contributed by atoms with Gasteiger partial charge in [0.05, 0.1) is 22.1 Å². The first-order valence-corrected chi connectivity index (χ1v) is 11.9. The van der Waals surface area contributed by atoms with Crippen LogP contribution in [0.1, 0.15) is 17.5 Å². The first-order chi connectivity index (χ1) is 15.6. The molecule has 33 heavy (non-hydrogen) atoms. The summed E-state index contributed by atoms with van der Waals surface area (Å²) < 4.78 is 45.5. The van der Waals surface area contributed by atoms with E-state index in [1.165, 1.54) is 18.2 Å². The maximum atomic E-state index is 13.3. The highest BCUT2D eigenvalue weighted by Crippen LogP contribution is 2.34. The van der Waals surface area contributed by atoms with Crippen molar-refractivity contribution in [2.24, 2.45) is 0 Å². The average Bonchev–Trinajstić information content (AvgIpc) is 2.78. The summed E-state index contributed by atoms with van der Waals surface area (Å²) in [5.41, 5.74) is -0.619. The second kappa shape index (κ2) is 11.2. The van der Waals surface area contributed by atoms with E-state index in [1.807, 2.05) is 4.90 Å². The minimum Gasteiger partial charge on any atom is -0.478 e. The molecule has 13 heteroatoms. The van der Waals surface area contributed by atoms with E-state index in [4.69, 9.17) is 28.6 Å². The highest BCUT2D eigenvalue weighted by atomic mass is 35.5. The topological polar surface area (TPSA) is 80.5 Å². The summed E-state index contributed by atoms with van der Waals surface area (Å²) in [6.45, 7) is 1.68. The molecule has 3 rings (SSSR count). The molecule has 0 bridgehead atoms. The zero-order chi connectivity index (χ0) is 24.0. The van der Waals surface area contributed by atoms with Crippen LogP contribution < -0.4 is 15.0 Å². The number of benzene rings is 1. The number of non-ortho nitro benzene ring substituents is 1. The first kappa shape index (κ1) is 25.3. The lowest BCUT2D eigenvalue weighted by Crippen LogP contribution is -2.33. The molecule has 0 spiro atoms. The van der Waals surface area contributed by atoms with Crippen molar-refractivity contribution in [1.29, 1.82) is 0 Å². The second-order valence-corrected chi connectivity index (χ2v) is 9.07. The van der Waals surface area contributed by atoms with Gasteiger partial charge in [-0.1, -0.05) is 23.8 Å². The predicted octanol–water partition coefficient (Wildman–Crippen LogP) is 4.95. The molecule has 1 saturated heterocycles. The van der Waals surface area contributed by atoms with Crippen LogP contribution in [0.5, 0.6) is 5.88 Å². The minimum atomic E-state index is -4.51. The Labute approximate surface area is 202 Å². The molecule has 1 aliphatic rings. The predicted molar refractivity (Wildman–Crippen MR) is 127 cm³/mol. The fraction of sp³-hybridized carbons (Fsp3) is 0.400. The highest BCUT2D eigenvalue weighted by Gasteiger charge is 2.32. The molecule has 0 amide bonds. The van der Waals surface area contributed by atoms with Gasteiger partial charge in [-0.2, -0.15) is 29.9 Å². The van der Waals surface area contributed by atoms with Crippen molar-refractivity contribution in [1.82, 2.24) is 10.3 Å². The zero-order valence-corrected chi connectivity index (χ0v) is 19.6. The Balaban J connectivity index is 1.57. The van der Waals surface area contributed by atoms with Gasteiger partial charge >= 0.3 is 6.18 Å². The maximum absolute atomic E-state index is 13.3. The fourth-order valence-corrected chi connectivity index (χ4v) is 4.47. The Kier molecular flexibility index (Phi) is 8.60. The number of hydrogen-bond acceptors (Lipinski definition) is 7. The van der Waals surface area contributed by atoms with Gasteiger partial charge in [0.1, 0.15) is 10.8 Å². The van der Waals surface area contributed by atoms with Gasteiger partial charge < -0.3 is 15.0 Å². The van der Waals surface area contributed by atoms with Crippen LogP contribution in [0.2, 0.25) is 5.02 Å². The molecule has 178 valence electrons. The Morgan fingerprint density at radius 3 is 2.70 bits per heavy atom. The third kappa shape index (κ3) is 7.08. The lowest BCUT2D eigenvalue weighted by atomic mass is 10.2. The average molecular weight is 521 g/mol. The van der Waals surface area contributed by atoms with Crippen LogP contribution in [-0.2, 0) is 6.18 Å². The molecular weight excluding hydrogens is 501 g/mol. The molecule has 0 saturated carbocycles. The molecule has 1 aromatic heterocycles. The number of nitrogens with zero attached hydrogens (tertiary/aromatic N) is 3. The van der Waals surface area contributed by atoms with Gasteiger partial charge in [-0.25, -0.2) is 0 Å². The summed E-state index contributed by atoms with van der Waals surface area (Å²) in [4.78, 5) is 16.7. The summed E-state index contributed by atoms with van der Waals surface area (Å²) in [5, 5.41) is 14.1. The molecular formula is C20H20ClF3N4O3S2. The molecule has 0 radical (unpaired) electrons. The van der Waals surface area contributed by atoms with Crippen molar-refractivity contribution in [2.45, 2.75) is 12.6 Å². The quantitative estimate of drug-likeness (QED) is 0.227. The number of alkyl halides is 3. The van der Waals surface area contributed by atoms with E-state index in [2.05, 4.69) is 10.3 Å². The molecule has 1 aliphatic heterocycles. The Morgan fingerprint density at radius 2 is 2.03 bits per heavy atom. The van der Waals surface area contributed by atoms with Crippen LogP contribution in [0, 0.1) is 10.1 Å². The molecule has 1 fully saturated rings. The Hall–Kier alpha value is -2.31. The smallest absolute Gasteiger partial charge is 0.416 e. The van der Waals surface area contributed by atoms with Crippen molar-refractivity contribution in [2.75, 3.05) is 42.6 Å². The number of hydrogen-bond donors (Lipinski definition) is 1. The van der Waals surface area contributed by atoms with Gasteiger partial charge in [-0.05, 0) is 18.6 Å². The number of nitro groups is 1. The van der Waals surface area contributed by atoms with E-state index < -0.39 is 16.7 Å². The van der Waals surface area contributed by atoms with Crippen LogP contribution in [0.3, 0.4) is 0 Å². The maximum Gasteiger partial charge on any atom is 0.416 e. The van der Waals surface area contributed by atoms with Gasteiger partial charge in [0.2, 0.25) is 5.88 Å². The minimum absolute atomic E-state index is 0.0950. The monoisotopic (exact) mass is 520 g/mol. The summed E-state index contributed by atoms with van der Waals surface area (Å²) >= 11 is 13.1. The number of thiocarbonyl (C=S) groups is 1. The van der Waals surface area contributed by atoms with E-state index in [-0.39, 0.29) is 34.0 Å². The summed E-state index contributed by atoms with van der Waals surface area (Å²) in [7, 11) is 0. The number of rotatable bonds is 8. The van der Waals surface area contributed by atoms with Gasteiger partial charge in [0.15, 0.2) is 0 Å². The van der Waals surface area contributed by atoms with Crippen LogP contribution in [0.25, 0.3) is 0 Å². The van der Waals surface area contributed by atoms with Gasteiger partial charge in [0, 0.05) is 54.9 Å². The number of pyridine rings is 1. The van der Waals surface area contributed by atoms with Crippen LogP contribution in [0.4, 0.5) is 24.7 Å². The number of nitrogens with one attached hydrogen (secondary N) is 1. The second-order valence-electron chi connectivity index (χ2n) is 7.03. The Morgan fingerprint density at radius 1 is 1.30 bits per heavy atom. The zero-order valence-electron chi connectivity index (χ0n) is 17.2. The largest absolute Gasteiger partial charge is 0.478 e. The first-order valence-electron chi connectivity index (χ1n) is 9.92. The van der Waals surface area contributed by atoms with Gasteiger partial charge in [0.25, 0.3) is 5.69 Å². The number of halogens is 4. The van der Waals surface area contributed by atoms with Crippen molar-refractivity contribution >= 4 is 52.1 Å². The Bertz CT molecular complexity index is 1020. The van der Waals surface area contributed by atoms with E-state index in [0.717, 1.165) is 23.6 Å². The number of thioether (sulfide) groups is 1.